The van der Waals surface area contributed by atoms with Gasteiger partial charge in [0.15, 0.2) is 0 Å². The van der Waals surface area contributed by atoms with Crippen LogP contribution in [0.3, 0.4) is 0 Å². The first-order valence-corrected chi connectivity index (χ1v) is 7.42. The van der Waals surface area contributed by atoms with E-state index in [0.29, 0.717) is 0 Å². The zero-order valence-corrected chi connectivity index (χ0v) is 13.3. The second kappa shape index (κ2) is 6.61. The SMILES string of the molecule is O=S(=O)(O)C(O)c1ccc(C(O)S(=O)(=O)O)cc1.[Na+]. The van der Waals surface area contributed by atoms with Gasteiger partial charge < -0.3 is 10.2 Å². The second-order valence-electron chi connectivity index (χ2n) is 3.40. The summed E-state index contributed by atoms with van der Waals surface area (Å²) in [4.78, 5) is 0. The average molecular weight is 321 g/mol. The van der Waals surface area contributed by atoms with E-state index in [0.717, 1.165) is 24.3 Å². The quantitative estimate of drug-likeness (QED) is 0.329. The zero-order chi connectivity index (χ0) is 14.1. The summed E-state index contributed by atoms with van der Waals surface area (Å²) in [6, 6.07) is 3.95. The van der Waals surface area contributed by atoms with Crippen LogP contribution in [0.1, 0.15) is 22.0 Å². The maximum atomic E-state index is 10.6. The molecular formula is C8H10NaO8S2+. The van der Waals surface area contributed by atoms with E-state index in [1.807, 2.05) is 0 Å². The Kier molecular flexibility index (Phi) is 6.59. The molecule has 0 bridgehead atoms. The molecule has 0 radical (unpaired) electrons. The topological polar surface area (TPSA) is 149 Å². The largest absolute Gasteiger partial charge is 1.00 e. The second-order valence-corrected chi connectivity index (χ2v) is 6.35. The van der Waals surface area contributed by atoms with Crippen LogP contribution in [-0.4, -0.2) is 36.2 Å². The first-order valence-electron chi connectivity index (χ1n) is 4.42. The van der Waals surface area contributed by atoms with Crippen molar-refractivity contribution in [2.45, 2.75) is 10.9 Å². The Bertz CT molecular complexity index is 564. The van der Waals surface area contributed by atoms with Crippen molar-refractivity contribution in [2.75, 3.05) is 0 Å². The molecule has 4 N–H and O–H groups in total. The summed E-state index contributed by atoms with van der Waals surface area (Å²) in [5.74, 6) is 0. The van der Waals surface area contributed by atoms with E-state index in [1.54, 1.807) is 0 Å². The van der Waals surface area contributed by atoms with Crippen LogP contribution < -0.4 is 29.6 Å². The number of aliphatic hydroxyl groups excluding tert-OH is 2. The van der Waals surface area contributed by atoms with Crippen molar-refractivity contribution in [3.63, 3.8) is 0 Å². The van der Waals surface area contributed by atoms with E-state index < -0.39 is 31.1 Å². The van der Waals surface area contributed by atoms with Gasteiger partial charge in [-0.05, 0) is 11.1 Å². The number of hydrogen-bond acceptors (Lipinski definition) is 6. The Morgan fingerprint density at radius 1 is 0.737 bits per heavy atom. The van der Waals surface area contributed by atoms with Crippen molar-refractivity contribution in [3.8, 4) is 0 Å². The molecule has 0 spiro atoms. The van der Waals surface area contributed by atoms with Crippen LogP contribution in [-0.2, 0) is 20.2 Å². The maximum absolute atomic E-state index is 10.6. The number of aliphatic hydroxyl groups is 2. The predicted molar refractivity (Wildman–Crippen MR) is 59.5 cm³/mol. The maximum Gasteiger partial charge on any atom is 1.00 e. The van der Waals surface area contributed by atoms with Crippen molar-refractivity contribution in [1.82, 2.24) is 0 Å². The third-order valence-electron chi connectivity index (χ3n) is 2.07. The molecule has 1 aromatic rings. The molecule has 1 rings (SSSR count). The van der Waals surface area contributed by atoms with Gasteiger partial charge in [0, 0.05) is 0 Å². The first-order chi connectivity index (χ1) is 8.03. The van der Waals surface area contributed by atoms with E-state index in [1.165, 1.54) is 0 Å². The zero-order valence-electron chi connectivity index (χ0n) is 9.70. The van der Waals surface area contributed by atoms with E-state index >= 15 is 0 Å². The summed E-state index contributed by atoms with van der Waals surface area (Å²) in [7, 11) is -9.38. The Hall–Kier alpha value is -0.0400. The molecule has 8 nitrogen and oxygen atoms in total. The number of rotatable bonds is 4. The summed E-state index contributed by atoms with van der Waals surface area (Å²) in [5, 5.41) is 18.4. The van der Waals surface area contributed by atoms with Crippen molar-refractivity contribution < 1.29 is 65.7 Å². The summed E-state index contributed by atoms with van der Waals surface area (Å²) in [6.07, 6.45) is 0. The molecule has 19 heavy (non-hydrogen) atoms. The predicted octanol–water partition coefficient (Wildman–Crippen LogP) is -3.55. The van der Waals surface area contributed by atoms with Gasteiger partial charge in [0.25, 0.3) is 20.2 Å². The minimum atomic E-state index is -4.69. The molecular weight excluding hydrogens is 311 g/mol. The van der Waals surface area contributed by atoms with Gasteiger partial charge in [-0.15, -0.1) is 0 Å². The Morgan fingerprint density at radius 3 is 1.11 bits per heavy atom. The molecule has 0 aliphatic carbocycles. The smallest absolute Gasteiger partial charge is 0.371 e. The minimum absolute atomic E-state index is 0. The molecule has 2 atom stereocenters. The molecule has 0 saturated heterocycles. The Morgan fingerprint density at radius 2 is 0.947 bits per heavy atom. The Labute approximate surface area is 131 Å². The van der Waals surface area contributed by atoms with Crippen LogP contribution in [0, 0.1) is 0 Å². The van der Waals surface area contributed by atoms with Crippen molar-refractivity contribution >= 4 is 20.2 Å². The molecule has 0 aromatic heterocycles. The van der Waals surface area contributed by atoms with Gasteiger partial charge in [-0.2, -0.15) is 16.8 Å². The summed E-state index contributed by atoms with van der Waals surface area (Å²) in [6.45, 7) is 0. The van der Waals surface area contributed by atoms with E-state index in [-0.39, 0.29) is 40.7 Å². The molecule has 11 heteroatoms. The van der Waals surface area contributed by atoms with Gasteiger partial charge in [0.2, 0.25) is 10.9 Å². The van der Waals surface area contributed by atoms with Crippen LogP contribution in [0.4, 0.5) is 0 Å². The van der Waals surface area contributed by atoms with Crippen LogP contribution in [0.15, 0.2) is 24.3 Å². The minimum Gasteiger partial charge on any atom is -0.371 e. The Balaban J connectivity index is 0.00000324. The van der Waals surface area contributed by atoms with Gasteiger partial charge in [-0.1, -0.05) is 24.3 Å². The van der Waals surface area contributed by atoms with Crippen LogP contribution in [0.2, 0.25) is 0 Å². The fourth-order valence-electron chi connectivity index (χ4n) is 1.17. The molecule has 0 aliphatic heterocycles. The molecule has 0 heterocycles. The summed E-state index contributed by atoms with van der Waals surface area (Å²) in [5.41, 5.74) is -4.78. The third-order valence-corrected chi connectivity index (χ3v) is 3.74. The van der Waals surface area contributed by atoms with Crippen molar-refractivity contribution in [1.29, 1.82) is 0 Å². The molecule has 1 aromatic carbocycles. The van der Waals surface area contributed by atoms with Crippen molar-refractivity contribution in [2.24, 2.45) is 0 Å². The molecule has 0 amide bonds. The average Bonchev–Trinajstić information content (AvgIpc) is 2.25. The van der Waals surface area contributed by atoms with Gasteiger partial charge in [0.05, 0.1) is 0 Å². The summed E-state index contributed by atoms with van der Waals surface area (Å²) < 4.78 is 59.7. The van der Waals surface area contributed by atoms with Crippen molar-refractivity contribution in [3.05, 3.63) is 35.4 Å². The van der Waals surface area contributed by atoms with Crippen LogP contribution in [0.25, 0.3) is 0 Å². The normalized spacial score (nSPS) is 15.4. The van der Waals surface area contributed by atoms with Gasteiger partial charge in [-0.25, -0.2) is 0 Å². The van der Waals surface area contributed by atoms with E-state index in [4.69, 9.17) is 9.11 Å². The van der Waals surface area contributed by atoms with Crippen LogP contribution >= 0.6 is 0 Å². The monoisotopic (exact) mass is 321 g/mol. The van der Waals surface area contributed by atoms with Gasteiger partial charge in [-0.3, -0.25) is 9.11 Å². The van der Waals surface area contributed by atoms with E-state index in [2.05, 4.69) is 0 Å². The summed E-state index contributed by atoms with van der Waals surface area (Å²) >= 11 is 0. The fourth-order valence-corrected chi connectivity index (χ4v) is 2.17. The first kappa shape index (κ1) is 19.0. The van der Waals surface area contributed by atoms with Gasteiger partial charge in [0.1, 0.15) is 0 Å². The van der Waals surface area contributed by atoms with Gasteiger partial charge >= 0.3 is 29.6 Å². The fraction of sp³-hybridized carbons (Fsp3) is 0.250. The standard InChI is InChI=1S/C8H10O8S2.Na/c9-7(17(11,12)13)5-1-2-6(4-3-5)8(10)18(14,15)16;/h1-4,7-10H,(H,11,12,13)(H,14,15,16);/q;+1. The molecule has 0 aliphatic rings. The third kappa shape index (κ3) is 5.10. The number of benzene rings is 1. The molecule has 102 valence electrons. The molecule has 2 unspecified atom stereocenters. The molecule has 0 fully saturated rings. The van der Waals surface area contributed by atoms with Crippen LogP contribution in [0.5, 0.6) is 0 Å². The van der Waals surface area contributed by atoms with E-state index in [9.17, 15) is 27.0 Å². The molecule has 0 saturated carbocycles. The number of hydrogen-bond donors (Lipinski definition) is 4.